The van der Waals surface area contributed by atoms with Crippen LogP contribution in [0.3, 0.4) is 0 Å². The molecule has 196 valence electrons. The van der Waals surface area contributed by atoms with Crippen molar-refractivity contribution in [2.24, 2.45) is 0 Å². The Morgan fingerprint density at radius 1 is 0.789 bits per heavy atom. The van der Waals surface area contributed by atoms with Crippen molar-refractivity contribution in [1.29, 1.82) is 0 Å². The van der Waals surface area contributed by atoms with Crippen molar-refractivity contribution in [3.8, 4) is 11.1 Å². The predicted octanol–water partition coefficient (Wildman–Crippen LogP) is 5.09. The van der Waals surface area contributed by atoms with Crippen LogP contribution in [0.25, 0.3) is 11.1 Å². The summed E-state index contributed by atoms with van der Waals surface area (Å²) in [5, 5.41) is 14.9. The second kappa shape index (κ2) is 11.6. The van der Waals surface area contributed by atoms with Gasteiger partial charge in [0.15, 0.2) is 5.11 Å². The number of nitro benzene ring substituents is 1. The van der Waals surface area contributed by atoms with E-state index in [0.29, 0.717) is 42.5 Å². The molecule has 2 saturated heterocycles. The van der Waals surface area contributed by atoms with Crippen LogP contribution in [0.5, 0.6) is 0 Å². The van der Waals surface area contributed by atoms with Crippen molar-refractivity contribution in [2.75, 3.05) is 49.1 Å². The highest BCUT2D eigenvalue weighted by Crippen LogP contribution is 2.34. The van der Waals surface area contributed by atoms with Crippen molar-refractivity contribution in [3.05, 3.63) is 88.5 Å². The third-order valence-corrected chi connectivity index (χ3v) is 7.62. The Morgan fingerprint density at radius 3 is 2.11 bits per heavy atom. The summed E-state index contributed by atoms with van der Waals surface area (Å²) in [6.07, 6.45) is 3.28. The number of rotatable bonds is 5. The van der Waals surface area contributed by atoms with Gasteiger partial charge in [0.2, 0.25) is 0 Å². The molecular formula is C29H31N5O3S. The fourth-order valence-corrected chi connectivity index (χ4v) is 5.39. The van der Waals surface area contributed by atoms with E-state index in [1.165, 1.54) is 6.42 Å². The lowest BCUT2D eigenvalue weighted by molar-refractivity contribution is -0.384. The van der Waals surface area contributed by atoms with Crippen molar-refractivity contribution in [2.45, 2.75) is 19.3 Å². The summed E-state index contributed by atoms with van der Waals surface area (Å²) in [5.74, 6) is -0.224. The molecule has 5 rings (SSSR count). The Morgan fingerprint density at radius 2 is 1.45 bits per heavy atom. The molecule has 8 nitrogen and oxygen atoms in total. The van der Waals surface area contributed by atoms with Gasteiger partial charge in [-0.05, 0) is 66.9 Å². The minimum Gasteiger partial charge on any atom is -0.368 e. The number of piperidine rings is 1. The van der Waals surface area contributed by atoms with E-state index in [9.17, 15) is 14.9 Å². The van der Waals surface area contributed by atoms with Gasteiger partial charge in [0.1, 0.15) is 5.69 Å². The smallest absolute Gasteiger partial charge is 0.292 e. The molecule has 0 aliphatic carbocycles. The maximum absolute atomic E-state index is 12.8. The number of nitro groups is 1. The second-order valence-electron chi connectivity index (χ2n) is 9.65. The first-order chi connectivity index (χ1) is 18.5. The summed E-state index contributed by atoms with van der Waals surface area (Å²) in [5.41, 5.74) is 4.55. The van der Waals surface area contributed by atoms with Crippen LogP contribution < -0.4 is 15.1 Å². The van der Waals surface area contributed by atoms with E-state index in [4.69, 9.17) is 12.2 Å². The molecule has 2 aliphatic heterocycles. The standard InChI is InChI=1S/C29H31N5O3S/c35-28(24-11-9-23(10-12-24)22-7-3-1-4-8-22)30-29(38)33-19-17-31(18-20-33)25-13-14-26(34(36)37)27(21-25)32-15-5-2-6-16-32/h1,3-4,7-14,21H,2,5-6,15-20H2,(H,30,35,38). The predicted molar refractivity (Wildman–Crippen MR) is 155 cm³/mol. The number of piperazine rings is 1. The zero-order chi connectivity index (χ0) is 26.5. The molecule has 9 heteroatoms. The van der Waals surface area contributed by atoms with Crippen LogP contribution in [-0.4, -0.2) is 60.1 Å². The summed E-state index contributed by atoms with van der Waals surface area (Å²) in [6, 6.07) is 22.9. The number of nitrogens with one attached hydrogen (secondary N) is 1. The highest BCUT2D eigenvalue weighted by molar-refractivity contribution is 7.80. The maximum atomic E-state index is 12.8. The van der Waals surface area contributed by atoms with E-state index < -0.39 is 0 Å². The number of benzene rings is 3. The average Bonchev–Trinajstić information content (AvgIpc) is 2.98. The minimum atomic E-state index is -0.290. The zero-order valence-electron chi connectivity index (χ0n) is 21.2. The van der Waals surface area contributed by atoms with Crippen molar-refractivity contribution >= 4 is 40.3 Å². The summed E-state index contributed by atoms with van der Waals surface area (Å²) in [7, 11) is 0. The van der Waals surface area contributed by atoms with Gasteiger partial charge in [0.25, 0.3) is 11.6 Å². The first kappa shape index (κ1) is 25.7. The number of thiocarbonyl (C=S) groups is 1. The highest BCUT2D eigenvalue weighted by Gasteiger charge is 2.25. The first-order valence-corrected chi connectivity index (χ1v) is 13.4. The summed E-state index contributed by atoms with van der Waals surface area (Å²) >= 11 is 5.55. The number of hydrogen-bond acceptors (Lipinski definition) is 6. The van der Waals surface area contributed by atoms with E-state index in [0.717, 1.165) is 42.7 Å². The Hall–Kier alpha value is -3.98. The third kappa shape index (κ3) is 5.78. The molecule has 0 atom stereocenters. The van der Waals surface area contributed by atoms with E-state index in [1.807, 2.05) is 71.6 Å². The van der Waals surface area contributed by atoms with Crippen LogP contribution in [0.4, 0.5) is 17.1 Å². The number of nitrogens with zero attached hydrogens (tertiary/aromatic N) is 4. The fourth-order valence-electron chi connectivity index (χ4n) is 5.11. The number of carbonyl (C=O) groups is 1. The van der Waals surface area contributed by atoms with Gasteiger partial charge in [-0.25, -0.2) is 0 Å². The van der Waals surface area contributed by atoms with Gasteiger partial charge in [0, 0.05) is 56.6 Å². The zero-order valence-corrected chi connectivity index (χ0v) is 22.0. The van der Waals surface area contributed by atoms with Crippen LogP contribution in [0.2, 0.25) is 0 Å². The molecule has 0 aromatic heterocycles. The number of carbonyl (C=O) groups excluding carboxylic acids is 1. The molecule has 0 bridgehead atoms. The molecule has 3 aromatic rings. The lowest BCUT2D eigenvalue weighted by atomic mass is 10.0. The molecular weight excluding hydrogens is 498 g/mol. The largest absolute Gasteiger partial charge is 0.368 e. The van der Waals surface area contributed by atoms with Crippen molar-refractivity contribution < 1.29 is 9.72 Å². The lowest BCUT2D eigenvalue weighted by Gasteiger charge is -2.37. The van der Waals surface area contributed by atoms with Crippen molar-refractivity contribution in [1.82, 2.24) is 10.2 Å². The summed E-state index contributed by atoms with van der Waals surface area (Å²) in [4.78, 5) is 30.5. The quantitative estimate of drug-likeness (QED) is 0.280. The number of hydrogen-bond donors (Lipinski definition) is 1. The van der Waals surface area contributed by atoms with Gasteiger partial charge < -0.3 is 14.7 Å². The molecule has 0 spiro atoms. The van der Waals surface area contributed by atoms with Crippen LogP contribution in [0, 0.1) is 10.1 Å². The Balaban J connectivity index is 1.18. The van der Waals surface area contributed by atoms with Gasteiger partial charge in [0.05, 0.1) is 4.92 Å². The van der Waals surface area contributed by atoms with Gasteiger partial charge in [-0.1, -0.05) is 42.5 Å². The van der Waals surface area contributed by atoms with Crippen LogP contribution in [-0.2, 0) is 0 Å². The SMILES string of the molecule is O=C(NC(=S)N1CCN(c2ccc([N+](=O)[O-])c(N3CCCCC3)c2)CC1)c1ccc(-c2ccccc2)cc1. The monoisotopic (exact) mass is 529 g/mol. The molecule has 0 unspecified atom stereocenters. The molecule has 2 fully saturated rings. The first-order valence-electron chi connectivity index (χ1n) is 13.0. The third-order valence-electron chi connectivity index (χ3n) is 7.26. The summed E-state index contributed by atoms with van der Waals surface area (Å²) < 4.78 is 0. The fraction of sp³-hybridized carbons (Fsp3) is 0.310. The van der Waals surface area contributed by atoms with Crippen LogP contribution >= 0.6 is 12.2 Å². The summed E-state index contributed by atoms with van der Waals surface area (Å²) in [6.45, 7) is 4.42. The molecule has 3 aromatic carbocycles. The molecule has 1 amide bonds. The van der Waals surface area contributed by atoms with Gasteiger partial charge in [-0.3, -0.25) is 20.2 Å². The minimum absolute atomic E-state index is 0.162. The molecule has 0 saturated carbocycles. The maximum Gasteiger partial charge on any atom is 0.292 e. The topological polar surface area (TPSA) is 82.0 Å². The Bertz CT molecular complexity index is 1300. The number of anilines is 2. The Kier molecular flexibility index (Phi) is 7.83. The van der Waals surface area contributed by atoms with Gasteiger partial charge in [-0.2, -0.15) is 0 Å². The Labute approximate surface area is 228 Å². The van der Waals surface area contributed by atoms with E-state index in [1.54, 1.807) is 6.07 Å². The average molecular weight is 530 g/mol. The van der Waals surface area contributed by atoms with Gasteiger partial charge >= 0.3 is 0 Å². The number of amides is 1. The second-order valence-corrected chi connectivity index (χ2v) is 10.0. The molecule has 2 heterocycles. The van der Waals surface area contributed by atoms with Crippen LogP contribution in [0.1, 0.15) is 29.6 Å². The molecule has 0 radical (unpaired) electrons. The van der Waals surface area contributed by atoms with E-state index in [2.05, 4.69) is 15.1 Å². The van der Waals surface area contributed by atoms with E-state index >= 15 is 0 Å². The van der Waals surface area contributed by atoms with E-state index in [-0.39, 0.29) is 16.5 Å². The van der Waals surface area contributed by atoms with Crippen LogP contribution in [0.15, 0.2) is 72.8 Å². The van der Waals surface area contributed by atoms with Gasteiger partial charge in [-0.15, -0.1) is 0 Å². The molecule has 38 heavy (non-hydrogen) atoms. The lowest BCUT2D eigenvalue weighted by Crippen LogP contribution is -2.52. The molecule has 1 N–H and O–H groups in total. The molecule has 2 aliphatic rings. The normalized spacial score (nSPS) is 15.7. The van der Waals surface area contributed by atoms with Crippen molar-refractivity contribution in [3.63, 3.8) is 0 Å². The highest BCUT2D eigenvalue weighted by atomic mass is 32.1.